The molecule has 2 rings (SSSR count). The second kappa shape index (κ2) is 8.37. The fraction of sp³-hybridized carbons (Fsp3) is 0.625. The molecule has 0 radical (unpaired) electrons. The first-order valence-electron chi connectivity index (χ1n) is 7.28. The summed E-state index contributed by atoms with van der Waals surface area (Å²) in [7, 11) is 0. The Morgan fingerprint density at radius 3 is 2.82 bits per heavy atom. The van der Waals surface area contributed by atoms with Gasteiger partial charge in [0.1, 0.15) is 18.5 Å². The summed E-state index contributed by atoms with van der Waals surface area (Å²) in [5.74, 6) is 0.764. The number of hydrogen-bond acceptors (Lipinski definition) is 4. The molecule has 0 saturated carbocycles. The maximum absolute atomic E-state index is 10.2. The van der Waals surface area contributed by atoms with Crippen molar-refractivity contribution in [3.05, 3.63) is 28.8 Å². The summed E-state index contributed by atoms with van der Waals surface area (Å²) < 4.78 is 11.2. The normalized spacial score (nSPS) is 19.3. The molecular formula is C16H25Cl2NO3. The summed E-state index contributed by atoms with van der Waals surface area (Å²) in [6.45, 7) is 9.30. The number of rotatable bonds is 5. The Kier molecular flexibility index (Phi) is 7.42. The van der Waals surface area contributed by atoms with E-state index >= 15 is 0 Å². The van der Waals surface area contributed by atoms with Gasteiger partial charge in [0.25, 0.3) is 0 Å². The van der Waals surface area contributed by atoms with Gasteiger partial charge in [-0.2, -0.15) is 0 Å². The molecule has 4 nitrogen and oxygen atoms in total. The number of aryl methyl sites for hydroxylation is 1. The van der Waals surface area contributed by atoms with Crippen molar-refractivity contribution in [2.75, 3.05) is 32.9 Å². The first kappa shape index (κ1) is 19.5. The molecule has 1 heterocycles. The largest absolute Gasteiger partial charge is 0.491 e. The standard InChI is InChI=1S/C16H24ClNO3.ClH/c1-12-8-13(17)4-5-15(12)21-10-14(19)9-18-6-7-20-11-16(18,2)3;/h4-5,8,14,19H,6-7,9-11H2,1-3H3;1H. The van der Waals surface area contributed by atoms with Crippen molar-refractivity contribution in [3.8, 4) is 5.75 Å². The van der Waals surface area contributed by atoms with E-state index in [-0.39, 0.29) is 24.6 Å². The molecule has 22 heavy (non-hydrogen) atoms. The third kappa shape index (κ3) is 5.28. The van der Waals surface area contributed by atoms with Gasteiger partial charge < -0.3 is 14.6 Å². The lowest BCUT2D eigenvalue weighted by Gasteiger charge is -2.42. The lowest BCUT2D eigenvalue weighted by atomic mass is 10.0. The fourth-order valence-electron chi connectivity index (χ4n) is 2.50. The van der Waals surface area contributed by atoms with Crippen LogP contribution >= 0.6 is 24.0 Å². The molecular weight excluding hydrogens is 325 g/mol. The number of aliphatic hydroxyl groups is 1. The van der Waals surface area contributed by atoms with Crippen LogP contribution in [0.1, 0.15) is 19.4 Å². The number of hydrogen-bond donors (Lipinski definition) is 1. The molecule has 126 valence electrons. The van der Waals surface area contributed by atoms with Gasteiger partial charge in [0.05, 0.1) is 13.2 Å². The van der Waals surface area contributed by atoms with Crippen molar-refractivity contribution in [2.45, 2.75) is 32.4 Å². The summed E-state index contributed by atoms with van der Waals surface area (Å²) in [5.41, 5.74) is 0.927. The van der Waals surface area contributed by atoms with Gasteiger partial charge in [0.2, 0.25) is 0 Å². The van der Waals surface area contributed by atoms with Gasteiger partial charge in [-0.3, -0.25) is 4.90 Å². The number of benzene rings is 1. The second-order valence-electron chi connectivity index (χ2n) is 6.19. The molecule has 0 amide bonds. The third-order valence-corrected chi connectivity index (χ3v) is 4.05. The van der Waals surface area contributed by atoms with Crippen LogP contribution < -0.4 is 4.74 Å². The molecule has 1 saturated heterocycles. The van der Waals surface area contributed by atoms with Crippen molar-refractivity contribution in [3.63, 3.8) is 0 Å². The Labute approximate surface area is 143 Å². The van der Waals surface area contributed by atoms with E-state index < -0.39 is 6.10 Å². The molecule has 1 unspecified atom stereocenters. The van der Waals surface area contributed by atoms with Crippen LogP contribution in [0.5, 0.6) is 5.75 Å². The first-order valence-corrected chi connectivity index (χ1v) is 7.66. The minimum atomic E-state index is -0.530. The van der Waals surface area contributed by atoms with Crippen molar-refractivity contribution in [2.24, 2.45) is 0 Å². The summed E-state index contributed by atoms with van der Waals surface area (Å²) in [6.07, 6.45) is -0.530. The Balaban J connectivity index is 0.00000242. The Morgan fingerprint density at radius 1 is 1.45 bits per heavy atom. The molecule has 0 spiro atoms. The van der Waals surface area contributed by atoms with Gasteiger partial charge >= 0.3 is 0 Å². The van der Waals surface area contributed by atoms with Gasteiger partial charge in [0, 0.05) is 23.7 Å². The molecule has 1 aliphatic heterocycles. The van der Waals surface area contributed by atoms with E-state index in [4.69, 9.17) is 21.1 Å². The molecule has 1 fully saturated rings. The maximum atomic E-state index is 10.2. The quantitative estimate of drug-likeness (QED) is 0.887. The van der Waals surface area contributed by atoms with Crippen LogP contribution in [0.2, 0.25) is 5.02 Å². The summed E-state index contributed by atoms with van der Waals surface area (Å²) in [4.78, 5) is 2.25. The smallest absolute Gasteiger partial charge is 0.122 e. The van der Waals surface area contributed by atoms with Crippen LogP contribution in [0.25, 0.3) is 0 Å². The van der Waals surface area contributed by atoms with Crippen LogP contribution in [0.4, 0.5) is 0 Å². The fourth-order valence-corrected chi connectivity index (χ4v) is 2.72. The average Bonchev–Trinajstić information content (AvgIpc) is 2.40. The molecule has 1 aliphatic rings. The number of morpholine rings is 1. The zero-order valence-corrected chi connectivity index (χ0v) is 14.9. The maximum Gasteiger partial charge on any atom is 0.122 e. The molecule has 1 atom stereocenters. The predicted octanol–water partition coefficient (Wildman–Crippen LogP) is 2.92. The van der Waals surface area contributed by atoms with Crippen LogP contribution in [-0.4, -0.2) is 54.6 Å². The van der Waals surface area contributed by atoms with E-state index in [1.807, 2.05) is 19.1 Å². The van der Waals surface area contributed by atoms with Gasteiger partial charge in [-0.05, 0) is 44.5 Å². The minimum Gasteiger partial charge on any atom is -0.491 e. The highest BCUT2D eigenvalue weighted by molar-refractivity contribution is 6.30. The zero-order valence-electron chi connectivity index (χ0n) is 13.3. The number of nitrogens with zero attached hydrogens (tertiary/aromatic N) is 1. The van der Waals surface area contributed by atoms with Crippen LogP contribution in [0.15, 0.2) is 18.2 Å². The lowest BCUT2D eigenvalue weighted by molar-refractivity contribution is -0.0703. The van der Waals surface area contributed by atoms with Crippen molar-refractivity contribution >= 4 is 24.0 Å². The molecule has 1 N–H and O–H groups in total. The molecule has 6 heteroatoms. The topological polar surface area (TPSA) is 41.9 Å². The first-order chi connectivity index (χ1) is 9.88. The monoisotopic (exact) mass is 349 g/mol. The van der Waals surface area contributed by atoms with Gasteiger partial charge in [-0.1, -0.05) is 11.6 Å². The lowest BCUT2D eigenvalue weighted by Crippen LogP contribution is -2.55. The average molecular weight is 350 g/mol. The van der Waals surface area contributed by atoms with E-state index in [1.165, 1.54) is 0 Å². The summed E-state index contributed by atoms with van der Waals surface area (Å²) in [5, 5.41) is 10.9. The van der Waals surface area contributed by atoms with E-state index in [0.717, 1.165) is 17.9 Å². The van der Waals surface area contributed by atoms with E-state index in [9.17, 15) is 5.11 Å². The number of halogens is 2. The van der Waals surface area contributed by atoms with Crippen LogP contribution in [0.3, 0.4) is 0 Å². The van der Waals surface area contributed by atoms with Crippen LogP contribution in [0, 0.1) is 6.92 Å². The highest BCUT2D eigenvalue weighted by atomic mass is 35.5. The second-order valence-corrected chi connectivity index (χ2v) is 6.62. The van der Waals surface area contributed by atoms with Crippen LogP contribution in [-0.2, 0) is 4.74 Å². The number of ether oxygens (including phenoxy) is 2. The van der Waals surface area contributed by atoms with E-state index in [1.54, 1.807) is 6.07 Å². The highest BCUT2D eigenvalue weighted by Crippen LogP contribution is 2.22. The molecule has 1 aromatic rings. The minimum absolute atomic E-state index is 0. The molecule has 0 aromatic heterocycles. The Morgan fingerprint density at radius 2 is 2.18 bits per heavy atom. The molecule has 1 aromatic carbocycles. The summed E-state index contributed by atoms with van der Waals surface area (Å²) >= 11 is 5.92. The highest BCUT2D eigenvalue weighted by Gasteiger charge is 2.31. The van der Waals surface area contributed by atoms with Crippen molar-refractivity contribution in [1.82, 2.24) is 4.90 Å². The van der Waals surface area contributed by atoms with Gasteiger partial charge in [-0.25, -0.2) is 0 Å². The van der Waals surface area contributed by atoms with Gasteiger partial charge in [0.15, 0.2) is 0 Å². The Hall–Kier alpha value is -0.520. The summed E-state index contributed by atoms with van der Waals surface area (Å²) in [6, 6.07) is 5.48. The molecule has 0 bridgehead atoms. The zero-order chi connectivity index (χ0) is 15.5. The third-order valence-electron chi connectivity index (χ3n) is 3.82. The predicted molar refractivity (Wildman–Crippen MR) is 91.4 cm³/mol. The Bertz CT molecular complexity index is 482. The number of aliphatic hydroxyl groups excluding tert-OH is 1. The van der Waals surface area contributed by atoms with Gasteiger partial charge in [-0.15, -0.1) is 12.4 Å². The SMILES string of the molecule is Cc1cc(Cl)ccc1OCC(O)CN1CCOCC1(C)C.Cl. The van der Waals surface area contributed by atoms with E-state index in [2.05, 4.69) is 18.7 Å². The number of β-amino-alcohol motifs (C(OH)–C–C–N with tert-alkyl or cyclic N) is 1. The van der Waals surface area contributed by atoms with E-state index in [0.29, 0.717) is 24.8 Å². The van der Waals surface area contributed by atoms with Crippen molar-refractivity contribution < 1.29 is 14.6 Å². The molecule has 0 aliphatic carbocycles. The van der Waals surface area contributed by atoms with Crippen molar-refractivity contribution in [1.29, 1.82) is 0 Å².